The Morgan fingerprint density at radius 2 is 2.06 bits per heavy atom. The molecule has 0 unspecified atom stereocenters. The van der Waals surface area contributed by atoms with E-state index in [2.05, 4.69) is 10.4 Å². The number of rotatable bonds is 5. The van der Waals surface area contributed by atoms with Crippen molar-refractivity contribution in [2.75, 3.05) is 13.6 Å². The Balaban J connectivity index is 2.95. The summed E-state index contributed by atoms with van der Waals surface area (Å²) >= 11 is 0. The van der Waals surface area contributed by atoms with Crippen LogP contribution < -0.4 is 5.32 Å². The van der Waals surface area contributed by atoms with E-state index in [1.54, 1.807) is 7.05 Å². The van der Waals surface area contributed by atoms with Gasteiger partial charge in [0, 0.05) is 18.3 Å². The zero-order valence-electron chi connectivity index (χ0n) is 10.3. The first-order valence-corrected chi connectivity index (χ1v) is 5.62. The Morgan fingerprint density at radius 1 is 1.41 bits per heavy atom. The lowest BCUT2D eigenvalue weighted by Crippen LogP contribution is -2.14. The molecule has 0 aromatic carbocycles. The second kappa shape index (κ2) is 5.53. The maximum atomic E-state index is 12.7. The summed E-state index contributed by atoms with van der Waals surface area (Å²) in [7, 11) is 1.71. The monoisotopic (exact) mass is 249 g/mol. The smallest absolute Gasteiger partial charge is 0.319 e. The molecule has 0 saturated carbocycles. The van der Waals surface area contributed by atoms with Crippen LogP contribution in [0, 0.1) is 5.92 Å². The molecule has 1 aromatic rings. The van der Waals surface area contributed by atoms with Gasteiger partial charge in [-0.1, -0.05) is 13.8 Å². The fourth-order valence-electron chi connectivity index (χ4n) is 1.61. The molecule has 0 saturated heterocycles. The lowest BCUT2D eigenvalue weighted by Gasteiger charge is -2.05. The quantitative estimate of drug-likeness (QED) is 0.868. The Hall–Kier alpha value is -1.04. The molecule has 98 valence electrons. The van der Waals surface area contributed by atoms with Crippen LogP contribution >= 0.6 is 0 Å². The van der Waals surface area contributed by atoms with Crippen LogP contribution in [0.3, 0.4) is 0 Å². The number of aromatic nitrogens is 2. The van der Waals surface area contributed by atoms with Crippen molar-refractivity contribution in [2.24, 2.45) is 5.92 Å². The highest BCUT2D eigenvalue weighted by Crippen LogP contribution is 2.30. The van der Waals surface area contributed by atoms with Crippen molar-refractivity contribution in [3.63, 3.8) is 0 Å². The second-order valence-corrected chi connectivity index (χ2v) is 4.47. The van der Waals surface area contributed by atoms with Gasteiger partial charge >= 0.3 is 6.18 Å². The van der Waals surface area contributed by atoms with Gasteiger partial charge < -0.3 is 5.32 Å². The third-order valence-electron chi connectivity index (χ3n) is 2.30. The molecule has 0 bridgehead atoms. The van der Waals surface area contributed by atoms with E-state index >= 15 is 0 Å². The fraction of sp³-hybridized carbons (Fsp3) is 0.727. The van der Waals surface area contributed by atoms with Crippen molar-refractivity contribution < 1.29 is 13.2 Å². The number of nitrogens with one attached hydrogen (secondary N) is 1. The summed E-state index contributed by atoms with van der Waals surface area (Å²) in [6.07, 6.45) is -2.53. The van der Waals surface area contributed by atoms with Crippen LogP contribution in [0.25, 0.3) is 0 Å². The average Bonchev–Trinajstić information content (AvgIpc) is 2.56. The lowest BCUT2D eigenvalue weighted by atomic mass is 10.2. The van der Waals surface area contributed by atoms with Gasteiger partial charge in [0.15, 0.2) is 5.69 Å². The summed E-state index contributed by atoms with van der Waals surface area (Å²) in [5, 5.41) is 6.48. The summed E-state index contributed by atoms with van der Waals surface area (Å²) in [4.78, 5) is 0. The van der Waals surface area contributed by atoms with Crippen molar-refractivity contribution in [1.29, 1.82) is 0 Å². The van der Waals surface area contributed by atoms with Crippen molar-refractivity contribution >= 4 is 0 Å². The molecule has 0 aliphatic rings. The summed E-state index contributed by atoms with van der Waals surface area (Å²) in [6.45, 7) is 4.91. The lowest BCUT2D eigenvalue weighted by molar-refractivity contribution is -0.142. The van der Waals surface area contributed by atoms with E-state index < -0.39 is 11.9 Å². The Morgan fingerprint density at radius 3 is 2.53 bits per heavy atom. The van der Waals surface area contributed by atoms with Crippen LogP contribution in [-0.2, 0) is 19.1 Å². The zero-order chi connectivity index (χ0) is 13.1. The predicted molar refractivity (Wildman–Crippen MR) is 59.7 cm³/mol. The molecule has 1 heterocycles. The molecule has 1 N–H and O–H groups in total. The molecule has 0 spiro atoms. The van der Waals surface area contributed by atoms with E-state index in [4.69, 9.17) is 0 Å². The first-order chi connectivity index (χ1) is 7.84. The molecule has 0 aliphatic carbocycles. The van der Waals surface area contributed by atoms with E-state index in [0.29, 0.717) is 19.5 Å². The predicted octanol–water partition coefficient (Wildman–Crippen LogP) is 2.32. The molecule has 0 atom stereocenters. The van der Waals surface area contributed by atoms with Gasteiger partial charge in [0.05, 0.1) is 0 Å². The minimum Gasteiger partial charge on any atom is -0.319 e. The van der Waals surface area contributed by atoms with Crippen LogP contribution in [0.5, 0.6) is 0 Å². The third-order valence-corrected chi connectivity index (χ3v) is 2.30. The molecule has 1 rings (SSSR count). The minimum absolute atomic E-state index is 0.257. The molecule has 1 aromatic heterocycles. The SMILES string of the molecule is CNCCc1cn(CC(C)C)nc1C(F)(F)F. The number of likely N-dealkylation sites (N-methyl/N-ethyl adjacent to an activating group) is 1. The molecule has 0 aliphatic heterocycles. The molecule has 0 fully saturated rings. The fourth-order valence-corrected chi connectivity index (χ4v) is 1.61. The topological polar surface area (TPSA) is 29.9 Å². The average molecular weight is 249 g/mol. The van der Waals surface area contributed by atoms with Crippen LogP contribution in [-0.4, -0.2) is 23.4 Å². The van der Waals surface area contributed by atoms with E-state index in [1.165, 1.54) is 10.9 Å². The van der Waals surface area contributed by atoms with Crippen molar-refractivity contribution in [1.82, 2.24) is 15.1 Å². The standard InChI is InChI=1S/C11H18F3N3/c1-8(2)6-17-7-9(4-5-15-3)10(16-17)11(12,13)14/h7-8,15H,4-6H2,1-3H3. The van der Waals surface area contributed by atoms with Gasteiger partial charge in [0.2, 0.25) is 0 Å². The molecule has 6 heteroatoms. The Bertz CT molecular complexity index is 355. The van der Waals surface area contributed by atoms with Crippen LogP contribution in [0.4, 0.5) is 13.2 Å². The second-order valence-electron chi connectivity index (χ2n) is 4.47. The highest BCUT2D eigenvalue weighted by molar-refractivity contribution is 5.20. The van der Waals surface area contributed by atoms with Gasteiger partial charge in [-0.2, -0.15) is 18.3 Å². The summed E-state index contributed by atoms with van der Waals surface area (Å²) < 4.78 is 39.6. The first kappa shape index (κ1) is 14.0. The van der Waals surface area contributed by atoms with Gasteiger partial charge in [-0.05, 0) is 25.9 Å². The molecule has 0 amide bonds. The van der Waals surface area contributed by atoms with Crippen molar-refractivity contribution in [3.8, 4) is 0 Å². The maximum absolute atomic E-state index is 12.7. The van der Waals surface area contributed by atoms with Gasteiger partial charge in [0.1, 0.15) is 0 Å². The molecule has 3 nitrogen and oxygen atoms in total. The van der Waals surface area contributed by atoms with E-state index in [9.17, 15) is 13.2 Å². The highest BCUT2D eigenvalue weighted by Gasteiger charge is 2.36. The van der Waals surface area contributed by atoms with Gasteiger partial charge in [-0.15, -0.1) is 0 Å². The van der Waals surface area contributed by atoms with Crippen molar-refractivity contribution in [2.45, 2.75) is 33.0 Å². The molecular weight excluding hydrogens is 231 g/mol. The van der Waals surface area contributed by atoms with Crippen LogP contribution in [0.2, 0.25) is 0 Å². The first-order valence-electron chi connectivity index (χ1n) is 5.62. The van der Waals surface area contributed by atoms with Crippen LogP contribution in [0.1, 0.15) is 25.1 Å². The summed E-state index contributed by atoms with van der Waals surface area (Å²) in [6, 6.07) is 0. The number of hydrogen-bond donors (Lipinski definition) is 1. The van der Waals surface area contributed by atoms with Crippen molar-refractivity contribution in [3.05, 3.63) is 17.5 Å². The number of alkyl halides is 3. The zero-order valence-corrected chi connectivity index (χ0v) is 10.3. The Kier molecular flexibility index (Phi) is 4.56. The summed E-state index contributed by atoms with van der Waals surface area (Å²) in [5.41, 5.74) is -0.499. The Labute approximate surface area is 99.0 Å². The molecule has 0 radical (unpaired) electrons. The van der Waals surface area contributed by atoms with Crippen LogP contribution in [0.15, 0.2) is 6.20 Å². The minimum atomic E-state index is -4.37. The number of nitrogens with zero attached hydrogens (tertiary/aromatic N) is 2. The normalized spacial score (nSPS) is 12.4. The van der Waals surface area contributed by atoms with Gasteiger partial charge in [-0.25, -0.2) is 0 Å². The molecule has 17 heavy (non-hydrogen) atoms. The largest absolute Gasteiger partial charge is 0.435 e. The van der Waals surface area contributed by atoms with E-state index in [1.807, 2.05) is 13.8 Å². The van der Waals surface area contributed by atoms with Gasteiger partial charge in [-0.3, -0.25) is 4.68 Å². The number of halogens is 3. The highest BCUT2D eigenvalue weighted by atomic mass is 19.4. The molecular formula is C11H18F3N3. The van der Waals surface area contributed by atoms with E-state index in [-0.39, 0.29) is 11.5 Å². The summed E-state index contributed by atoms with van der Waals surface area (Å²) in [5.74, 6) is 0.271. The maximum Gasteiger partial charge on any atom is 0.435 e. The van der Waals surface area contributed by atoms with E-state index in [0.717, 1.165) is 0 Å². The third kappa shape index (κ3) is 4.03. The van der Waals surface area contributed by atoms with Gasteiger partial charge in [0.25, 0.3) is 0 Å². The number of hydrogen-bond acceptors (Lipinski definition) is 2.